The minimum atomic E-state index is -0.907. The Kier molecular flexibility index (Phi) is 5.85. The molecule has 0 aliphatic carbocycles. The Labute approximate surface area is 112 Å². The molecule has 0 saturated heterocycles. The molecule has 1 atom stereocenters. The Balaban J connectivity index is 2.31. The normalized spacial score (nSPS) is 11.7. The Morgan fingerprint density at radius 2 is 1.95 bits per heavy atom. The number of carbonyl (C=O) groups excluding carboxylic acids is 1. The summed E-state index contributed by atoms with van der Waals surface area (Å²) >= 11 is 0. The number of aliphatic carboxylic acids is 1. The van der Waals surface area contributed by atoms with Crippen molar-refractivity contribution in [2.24, 2.45) is 5.92 Å². The first-order chi connectivity index (χ1) is 9.02. The van der Waals surface area contributed by atoms with Crippen LogP contribution in [0.4, 0.5) is 0 Å². The van der Waals surface area contributed by atoms with E-state index in [0.29, 0.717) is 12.8 Å². The van der Waals surface area contributed by atoms with Crippen molar-refractivity contribution in [1.29, 1.82) is 0 Å². The third-order valence-corrected chi connectivity index (χ3v) is 2.83. The minimum Gasteiger partial charge on any atom is -0.497 e. The zero-order valence-corrected chi connectivity index (χ0v) is 11.2. The number of carbonyl (C=O) groups is 2. The smallest absolute Gasteiger partial charge is 0.308 e. The summed E-state index contributed by atoms with van der Waals surface area (Å²) in [5, 5.41) is 11.3. The van der Waals surface area contributed by atoms with Gasteiger partial charge in [0, 0.05) is 13.0 Å². The van der Waals surface area contributed by atoms with Gasteiger partial charge in [-0.1, -0.05) is 19.1 Å². The molecule has 19 heavy (non-hydrogen) atoms. The summed E-state index contributed by atoms with van der Waals surface area (Å²) in [5.41, 5.74) is 1.04. The molecular weight excluding hydrogens is 246 g/mol. The number of ether oxygens (including phenoxy) is 1. The Morgan fingerprint density at radius 1 is 1.32 bits per heavy atom. The monoisotopic (exact) mass is 265 g/mol. The Morgan fingerprint density at radius 3 is 2.47 bits per heavy atom. The lowest BCUT2D eigenvalue weighted by atomic mass is 10.1. The number of carboxylic acid groups (broad SMARTS) is 1. The van der Waals surface area contributed by atoms with E-state index in [1.807, 2.05) is 24.3 Å². The van der Waals surface area contributed by atoms with Crippen LogP contribution in [0, 0.1) is 5.92 Å². The van der Waals surface area contributed by atoms with Crippen molar-refractivity contribution in [1.82, 2.24) is 5.32 Å². The first-order valence-electron chi connectivity index (χ1n) is 6.15. The van der Waals surface area contributed by atoms with Crippen molar-refractivity contribution in [3.05, 3.63) is 29.8 Å². The molecule has 5 heteroatoms. The van der Waals surface area contributed by atoms with Gasteiger partial charge in [-0.2, -0.15) is 0 Å². The summed E-state index contributed by atoms with van der Waals surface area (Å²) < 4.78 is 5.05. The second kappa shape index (κ2) is 7.41. The molecule has 104 valence electrons. The van der Waals surface area contributed by atoms with E-state index in [0.717, 1.165) is 11.3 Å². The summed E-state index contributed by atoms with van der Waals surface area (Å²) in [5.74, 6) is -0.826. The van der Waals surface area contributed by atoms with E-state index in [4.69, 9.17) is 9.84 Å². The molecule has 1 rings (SSSR count). The van der Waals surface area contributed by atoms with Crippen LogP contribution >= 0.6 is 0 Å². The first-order valence-corrected chi connectivity index (χ1v) is 6.15. The van der Waals surface area contributed by atoms with Gasteiger partial charge in [0.15, 0.2) is 0 Å². The van der Waals surface area contributed by atoms with Crippen LogP contribution in [-0.2, 0) is 16.0 Å². The molecular formula is C14H19NO4. The fourth-order valence-electron chi connectivity index (χ4n) is 1.49. The fourth-order valence-corrected chi connectivity index (χ4v) is 1.49. The molecule has 2 N–H and O–H groups in total. The summed E-state index contributed by atoms with van der Waals surface area (Å²) in [4.78, 5) is 22.1. The van der Waals surface area contributed by atoms with Crippen LogP contribution in [0.15, 0.2) is 24.3 Å². The van der Waals surface area contributed by atoms with Crippen LogP contribution in [0.25, 0.3) is 0 Å². The van der Waals surface area contributed by atoms with E-state index >= 15 is 0 Å². The summed E-state index contributed by atoms with van der Waals surface area (Å²) in [6.07, 6.45) is 0.968. The van der Waals surface area contributed by atoms with Crippen LogP contribution in [0.1, 0.15) is 18.9 Å². The molecule has 0 spiro atoms. The molecule has 0 aliphatic rings. The van der Waals surface area contributed by atoms with Gasteiger partial charge in [-0.05, 0) is 24.1 Å². The van der Waals surface area contributed by atoms with Gasteiger partial charge in [0.25, 0.3) is 0 Å². The number of hydrogen-bond donors (Lipinski definition) is 2. The van der Waals surface area contributed by atoms with Gasteiger partial charge in [0.2, 0.25) is 5.91 Å². The topological polar surface area (TPSA) is 75.6 Å². The van der Waals surface area contributed by atoms with E-state index in [9.17, 15) is 9.59 Å². The number of hydrogen-bond acceptors (Lipinski definition) is 3. The van der Waals surface area contributed by atoms with Crippen molar-refractivity contribution in [3.8, 4) is 5.75 Å². The highest BCUT2D eigenvalue weighted by Gasteiger charge is 2.11. The largest absolute Gasteiger partial charge is 0.497 e. The number of methoxy groups -OCH3 is 1. The molecule has 0 fully saturated rings. The van der Waals surface area contributed by atoms with E-state index in [2.05, 4.69) is 5.32 Å². The van der Waals surface area contributed by atoms with Crippen molar-refractivity contribution in [2.45, 2.75) is 19.8 Å². The van der Waals surface area contributed by atoms with Crippen LogP contribution in [-0.4, -0.2) is 30.6 Å². The number of rotatable bonds is 7. The highest BCUT2D eigenvalue weighted by atomic mass is 16.5. The number of carboxylic acids is 1. The minimum absolute atomic E-state index is 0.135. The van der Waals surface area contributed by atoms with Crippen LogP contribution < -0.4 is 10.1 Å². The van der Waals surface area contributed by atoms with Crippen molar-refractivity contribution >= 4 is 11.9 Å². The van der Waals surface area contributed by atoms with Crippen molar-refractivity contribution < 1.29 is 19.4 Å². The molecule has 0 radical (unpaired) electrons. The molecule has 0 bridgehead atoms. The second-order valence-electron chi connectivity index (χ2n) is 4.39. The highest BCUT2D eigenvalue weighted by molar-refractivity contribution is 5.77. The number of aryl methyl sites for hydroxylation is 1. The third-order valence-electron chi connectivity index (χ3n) is 2.83. The average Bonchev–Trinajstić information content (AvgIpc) is 2.42. The zero-order chi connectivity index (χ0) is 14.3. The lowest BCUT2D eigenvalue weighted by Crippen LogP contribution is -2.31. The van der Waals surface area contributed by atoms with E-state index in [1.165, 1.54) is 0 Å². The molecule has 0 saturated carbocycles. The molecule has 1 amide bonds. The predicted molar refractivity (Wildman–Crippen MR) is 71.1 cm³/mol. The van der Waals surface area contributed by atoms with Gasteiger partial charge in [-0.3, -0.25) is 9.59 Å². The number of amides is 1. The predicted octanol–water partition coefficient (Wildman–Crippen LogP) is 1.46. The average molecular weight is 265 g/mol. The van der Waals surface area contributed by atoms with Crippen LogP contribution in [0.2, 0.25) is 0 Å². The van der Waals surface area contributed by atoms with Gasteiger partial charge in [0.05, 0.1) is 13.0 Å². The number of benzene rings is 1. The molecule has 1 aromatic rings. The summed E-state index contributed by atoms with van der Waals surface area (Å²) in [6, 6.07) is 7.51. The van der Waals surface area contributed by atoms with Crippen molar-refractivity contribution in [2.75, 3.05) is 13.7 Å². The molecule has 0 aromatic heterocycles. The Hall–Kier alpha value is -2.04. The standard InChI is InChI=1S/C14H19NO4/c1-10(14(17)18)9-15-13(16)8-5-11-3-6-12(19-2)7-4-11/h3-4,6-7,10H,5,8-9H2,1-2H3,(H,15,16)(H,17,18). The number of nitrogens with one attached hydrogen (secondary N) is 1. The van der Waals surface area contributed by atoms with E-state index in [1.54, 1.807) is 14.0 Å². The summed E-state index contributed by atoms with van der Waals surface area (Å²) in [6.45, 7) is 1.73. The molecule has 0 heterocycles. The third kappa shape index (κ3) is 5.42. The van der Waals surface area contributed by atoms with Crippen LogP contribution in [0.5, 0.6) is 5.75 Å². The summed E-state index contributed by atoms with van der Waals surface area (Å²) in [7, 11) is 1.60. The molecule has 0 aliphatic heterocycles. The second-order valence-corrected chi connectivity index (χ2v) is 4.39. The lowest BCUT2D eigenvalue weighted by Gasteiger charge is -2.08. The van der Waals surface area contributed by atoms with Gasteiger partial charge < -0.3 is 15.2 Å². The van der Waals surface area contributed by atoms with Crippen LogP contribution in [0.3, 0.4) is 0 Å². The lowest BCUT2D eigenvalue weighted by molar-refractivity contribution is -0.141. The molecule has 1 unspecified atom stereocenters. The molecule has 5 nitrogen and oxygen atoms in total. The zero-order valence-electron chi connectivity index (χ0n) is 11.2. The van der Waals surface area contributed by atoms with Crippen molar-refractivity contribution in [3.63, 3.8) is 0 Å². The van der Waals surface area contributed by atoms with E-state index in [-0.39, 0.29) is 12.5 Å². The molecule has 1 aromatic carbocycles. The fraction of sp³-hybridized carbons (Fsp3) is 0.429. The van der Waals surface area contributed by atoms with Gasteiger partial charge >= 0.3 is 5.97 Å². The maximum Gasteiger partial charge on any atom is 0.308 e. The van der Waals surface area contributed by atoms with Gasteiger partial charge in [0.1, 0.15) is 5.75 Å². The first kappa shape index (κ1) is 15.0. The maximum absolute atomic E-state index is 11.5. The van der Waals surface area contributed by atoms with Gasteiger partial charge in [-0.25, -0.2) is 0 Å². The van der Waals surface area contributed by atoms with E-state index < -0.39 is 11.9 Å². The maximum atomic E-state index is 11.5. The quantitative estimate of drug-likeness (QED) is 0.782. The highest BCUT2D eigenvalue weighted by Crippen LogP contribution is 2.12. The van der Waals surface area contributed by atoms with Gasteiger partial charge in [-0.15, -0.1) is 0 Å². The SMILES string of the molecule is COc1ccc(CCC(=O)NCC(C)C(=O)O)cc1. The Bertz CT molecular complexity index is 428.